The molecule has 1 aliphatic heterocycles. The zero-order valence-corrected chi connectivity index (χ0v) is 18.8. The Hall–Kier alpha value is -3.74. The summed E-state index contributed by atoms with van der Waals surface area (Å²) in [5, 5.41) is 0. The molecule has 7 nitrogen and oxygen atoms in total. The molecule has 1 fully saturated rings. The van der Waals surface area contributed by atoms with E-state index < -0.39 is 0 Å². The van der Waals surface area contributed by atoms with Gasteiger partial charge in [0, 0.05) is 48.3 Å². The first kappa shape index (κ1) is 19.9. The first-order chi connectivity index (χ1) is 16.1. The molecule has 1 amide bonds. The third-order valence-electron chi connectivity index (χ3n) is 6.54. The molecule has 166 valence electrons. The van der Waals surface area contributed by atoms with Crippen LogP contribution in [0.1, 0.15) is 60.3 Å². The Bertz CT molecular complexity index is 1350. The monoisotopic (exact) mass is 438 g/mol. The molecular formula is C26H26N6O. The number of hydrogen-bond donors (Lipinski definition) is 0. The lowest BCUT2D eigenvalue weighted by Gasteiger charge is -2.28. The normalized spacial score (nSPS) is 15.8. The number of carbonyl (C=O) groups excluding carboxylic acids is 1. The smallest absolute Gasteiger partial charge is 0.259 e. The highest BCUT2D eigenvalue weighted by Gasteiger charge is 2.28. The standard InChI is InChI=1S/C26H26N6O/c1-17(2)31-13-11-27-25(31)22-4-3-5-24(29-22)32-12-10-18-8-9-20(14-21(18)26(32)33)30-15-23(28-16-30)19-6-7-19/h3-5,8-9,11,13-17,19H,6-7,10,12H2,1-2H3. The van der Waals surface area contributed by atoms with Gasteiger partial charge in [-0.1, -0.05) is 12.1 Å². The average molecular weight is 439 g/mol. The third-order valence-corrected chi connectivity index (χ3v) is 6.54. The molecule has 0 saturated heterocycles. The number of fused-ring (bicyclic) bond motifs is 1. The van der Waals surface area contributed by atoms with Crippen LogP contribution < -0.4 is 4.90 Å². The minimum Gasteiger partial charge on any atom is -0.327 e. The Morgan fingerprint density at radius 3 is 2.79 bits per heavy atom. The predicted molar refractivity (Wildman–Crippen MR) is 127 cm³/mol. The Labute approximate surface area is 192 Å². The van der Waals surface area contributed by atoms with Gasteiger partial charge in [0.15, 0.2) is 5.82 Å². The van der Waals surface area contributed by atoms with Gasteiger partial charge in [-0.25, -0.2) is 15.0 Å². The molecule has 6 rings (SSSR count). The van der Waals surface area contributed by atoms with Gasteiger partial charge in [-0.3, -0.25) is 9.69 Å². The maximum Gasteiger partial charge on any atom is 0.259 e. The quantitative estimate of drug-likeness (QED) is 0.449. The molecule has 0 radical (unpaired) electrons. The van der Waals surface area contributed by atoms with Crippen molar-refractivity contribution in [2.24, 2.45) is 0 Å². The number of pyridine rings is 1. The zero-order chi connectivity index (χ0) is 22.5. The summed E-state index contributed by atoms with van der Waals surface area (Å²) in [6, 6.07) is 12.2. The van der Waals surface area contributed by atoms with E-state index in [4.69, 9.17) is 4.98 Å². The number of hydrogen-bond acceptors (Lipinski definition) is 4. The minimum absolute atomic E-state index is 0.0162. The first-order valence-corrected chi connectivity index (χ1v) is 11.6. The molecule has 33 heavy (non-hydrogen) atoms. The molecule has 0 atom stereocenters. The largest absolute Gasteiger partial charge is 0.327 e. The highest BCUT2D eigenvalue weighted by Crippen LogP contribution is 2.39. The molecule has 2 aliphatic rings. The van der Waals surface area contributed by atoms with Gasteiger partial charge in [0.25, 0.3) is 5.91 Å². The van der Waals surface area contributed by atoms with Crippen LogP contribution >= 0.6 is 0 Å². The van der Waals surface area contributed by atoms with Crippen molar-refractivity contribution in [2.75, 3.05) is 11.4 Å². The molecule has 1 aliphatic carbocycles. The highest BCUT2D eigenvalue weighted by molar-refractivity contribution is 6.08. The summed E-state index contributed by atoms with van der Waals surface area (Å²) in [5.41, 5.74) is 4.68. The molecule has 0 spiro atoms. The van der Waals surface area contributed by atoms with Crippen molar-refractivity contribution < 1.29 is 4.79 Å². The molecule has 0 unspecified atom stereocenters. The van der Waals surface area contributed by atoms with Gasteiger partial charge in [-0.2, -0.15) is 0 Å². The molecule has 4 aromatic rings. The van der Waals surface area contributed by atoms with Crippen molar-refractivity contribution in [1.29, 1.82) is 0 Å². The van der Waals surface area contributed by atoms with E-state index in [9.17, 15) is 4.79 Å². The number of imidazole rings is 2. The first-order valence-electron chi connectivity index (χ1n) is 11.6. The second-order valence-electron chi connectivity index (χ2n) is 9.16. The number of amides is 1. The van der Waals surface area contributed by atoms with Crippen LogP contribution in [-0.2, 0) is 6.42 Å². The van der Waals surface area contributed by atoms with Crippen LogP contribution in [0.25, 0.3) is 17.2 Å². The number of anilines is 1. The minimum atomic E-state index is -0.0162. The van der Waals surface area contributed by atoms with Crippen molar-refractivity contribution in [1.82, 2.24) is 24.1 Å². The lowest BCUT2D eigenvalue weighted by Crippen LogP contribution is -2.38. The Kier molecular flexibility index (Phi) is 4.64. The maximum absolute atomic E-state index is 13.5. The maximum atomic E-state index is 13.5. The number of nitrogens with zero attached hydrogens (tertiary/aromatic N) is 6. The van der Waals surface area contributed by atoms with Crippen LogP contribution in [0, 0.1) is 0 Å². The molecule has 4 heterocycles. The molecule has 1 saturated carbocycles. The van der Waals surface area contributed by atoms with E-state index in [2.05, 4.69) is 46.7 Å². The van der Waals surface area contributed by atoms with Gasteiger partial charge >= 0.3 is 0 Å². The number of benzene rings is 1. The van der Waals surface area contributed by atoms with Crippen LogP contribution in [0.15, 0.2) is 61.3 Å². The molecule has 0 N–H and O–H groups in total. The zero-order valence-electron chi connectivity index (χ0n) is 18.8. The van der Waals surface area contributed by atoms with Crippen molar-refractivity contribution >= 4 is 11.7 Å². The number of aromatic nitrogens is 5. The van der Waals surface area contributed by atoms with Gasteiger partial charge in [0.05, 0.1) is 12.0 Å². The van der Waals surface area contributed by atoms with Crippen LogP contribution in [0.4, 0.5) is 5.82 Å². The van der Waals surface area contributed by atoms with E-state index in [1.165, 1.54) is 12.8 Å². The highest BCUT2D eigenvalue weighted by atomic mass is 16.2. The lowest BCUT2D eigenvalue weighted by atomic mass is 9.98. The predicted octanol–water partition coefficient (Wildman–Crippen LogP) is 4.79. The molecule has 3 aromatic heterocycles. The molecule has 7 heteroatoms. The number of carbonyl (C=O) groups is 1. The van der Waals surface area contributed by atoms with Crippen molar-refractivity contribution in [3.8, 4) is 17.2 Å². The summed E-state index contributed by atoms with van der Waals surface area (Å²) in [6.45, 7) is 4.84. The second-order valence-corrected chi connectivity index (χ2v) is 9.16. The van der Waals surface area contributed by atoms with Gasteiger partial charge in [0.1, 0.15) is 11.5 Å². The topological polar surface area (TPSA) is 68.8 Å². The fraction of sp³-hybridized carbons (Fsp3) is 0.308. The SMILES string of the molecule is CC(C)n1ccnc1-c1cccc(N2CCc3ccc(-n4cnc(C5CC5)c4)cc3C2=O)n1. The summed E-state index contributed by atoms with van der Waals surface area (Å²) >= 11 is 0. The van der Waals surface area contributed by atoms with E-state index in [1.807, 2.05) is 41.4 Å². The second kappa shape index (κ2) is 7.69. The molecule has 1 aromatic carbocycles. The molecule has 0 bridgehead atoms. The Morgan fingerprint density at radius 1 is 1.09 bits per heavy atom. The van der Waals surface area contributed by atoms with E-state index in [0.717, 1.165) is 40.4 Å². The Morgan fingerprint density at radius 2 is 1.97 bits per heavy atom. The van der Waals surface area contributed by atoms with E-state index in [1.54, 1.807) is 11.1 Å². The summed E-state index contributed by atoms with van der Waals surface area (Å²) in [5.74, 6) is 2.05. The van der Waals surface area contributed by atoms with E-state index in [-0.39, 0.29) is 11.9 Å². The van der Waals surface area contributed by atoms with Gasteiger partial charge in [0.2, 0.25) is 0 Å². The van der Waals surface area contributed by atoms with Crippen LogP contribution in [0.3, 0.4) is 0 Å². The summed E-state index contributed by atoms with van der Waals surface area (Å²) in [4.78, 5) is 29.2. The van der Waals surface area contributed by atoms with Crippen molar-refractivity contribution in [2.45, 2.75) is 45.1 Å². The van der Waals surface area contributed by atoms with Crippen LogP contribution in [0.2, 0.25) is 0 Å². The van der Waals surface area contributed by atoms with Gasteiger partial charge in [-0.15, -0.1) is 0 Å². The fourth-order valence-electron chi connectivity index (χ4n) is 4.54. The summed E-state index contributed by atoms with van der Waals surface area (Å²) in [7, 11) is 0. The van der Waals surface area contributed by atoms with E-state index in [0.29, 0.717) is 18.3 Å². The fourth-order valence-corrected chi connectivity index (χ4v) is 4.54. The number of rotatable bonds is 5. The Balaban J connectivity index is 1.32. The van der Waals surface area contributed by atoms with Crippen molar-refractivity contribution in [3.05, 3.63) is 78.1 Å². The molecular weight excluding hydrogens is 412 g/mol. The van der Waals surface area contributed by atoms with Crippen molar-refractivity contribution in [3.63, 3.8) is 0 Å². The summed E-state index contributed by atoms with van der Waals surface area (Å²) in [6.07, 6.45) is 10.9. The lowest BCUT2D eigenvalue weighted by molar-refractivity contribution is 0.0980. The average Bonchev–Trinajstić information content (AvgIpc) is 3.34. The van der Waals surface area contributed by atoms with Crippen LogP contribution in [-0.4, -0.2) is 36.5 Å². The van der Waals surface area contributed by atoms with E-state index >= 15 is 0 Å². The summed E-state index contributed by atoms with van der Waals surface area (Å²) < 4.78 is 4.11. The van der Waals surface area contributed by atoms with Crippen LogP contribution in [0.5, 0.6) is 0 Å². The van der Waals surface area contributed by atoms with Gasteiger partial charge < -0.3 is 9.13 Å². The third kappa shape index (κ3) is 3.53. The van der Waals surface area contributed by atoms with Gasteiger partial charge in [-0.05, 0) is 62.9 Å².